The minimum atomic E-state index is -3.85. The highest BCUT2D eigenvalue weighted by Gasteiger charge is 2.63. The van der Waals surface area contributed by atoms with Gasteiger partial charge in [-0.15, -0.1) is 0 Å². The Kier molecular flexibility index (Phi) is 17.0. The molecule has 3 fully saturated rings. The van der Waals surface area contributed by atoms with E-state index in [0.717, 1.165) is 0 Å². The van der Waals surface area contributed by atoms with Crippen LogP contribution in [0.25, 0.3) is 0 Å². The van der Waals surface area contributed by atoms with Gasteiger partial charge in [0.15, 0.2) is 0 Å². The Hall–Kier alpha value is -1.85. The van der Waals surface area contributed by atoms with E-state index in [-0.39, 0.29) is 56.2 Å². The van der Waals surface area contributed by atoms with E-state index < -0.39 is 63.5 Å². The van der Waals surface area contributed by atoms with E-state index in [1.54, 1.807) is 41.5 Å². The SMILES string of the molecule is CC(C)Oc1ncc(B2OC(C)(C)C(C)(C)O2)cc1S(=O)(=O)NC(C)(C)C.CC(C)Oc1ncc(Br)cc1S(=O)(=O)NC(C)(C)C.CC1(C)OB(B2OC(C)(C)C(C)(C)O2)OC1(C)C. The number of sulfonamides is 2. The van der Waals surface area contributed by atoms with Gasteiger partial charge in [-0.1, -0.05) is 0 Å². The zero-order valence-corrected chi connectivity index (χ0v) is 45.4. The minimum absolute atomic E-state index is 0.0293. The van der Waals surface area contributed by atoms with Gasteiger partial charge in [0.25, 0.3) is 0 Å². The summed E-state index contributed by atoms with van der Waals surface area (Å²) in [5, 5.41) is 0. The number of nitrogens with one attached hydrogen (secondary N) is 2. The molecule has 64 heavy (non-hydrogen) atoms. The average molecular weight is 1000 g/mol. The molecule has 0 saturated carbocycles. The molecule has 5 rings (SSSR count). The Balaban J connectivity index is 0.000000263. The van der Waals surface area contributed by atoms with Crippen molar-refractivity contribution in [3.05, 3.63) is 29.0 Å². The minimum Gasteiger partial charge on any atom is -0.474 e. The lowest BCUT2D eigenvalue weighted by Gasteiger charge is -2.32. The van der Waals surface area contributed by atoms with Crippen molar-refractivity contribution in [2.24, 2.45) is 0 Å². The molecule has 3 saturated heterocycles. The maximum absolute atomic E-state index is 13.0. The van der Waals surface area contributed by atoms with Crippen LogP contribution in [0.4, 0.5) is 0 Å². The third kappa shape index (κ3) is 14.3. The van der Waals surface area contributed by atoms with E-state index in [9.17, 15) is 16.8 Å². The van der Waals surface area contributed by atoms with Crippen molar-refractivity contribution in [1.29, 1.82) is 0 Å². The summed E-state index contributed by atoms with van der Waals surface area (Å²) >= 11 is 3.22. The highest BCUT2D eigenvalue weighted by Crippen LogP contribution is 2.43. The summed E-state index contributed by atoms with van der Waals surface area (Å²) in [7, 11) is -9.20. The van der Waals surface area contributed by atoms with Crippen LogP contribution in [0.5, 0.6) is 11.8 Å². The van der Waals surface area contributed by atoms with Gasteiger partial charge in [0.1, 0.15) is 9.79 Å². The van der Waals surface area contributed by atoms with Crippen LogP contribution >= 0.6 is 15.9 Å². The Morgan fingerprint density at radius 3 is 1.16 bits per heavy atom. The molecule has 22 heteroatoms. The molecule has 2 aromatic rings. The average Bonchev–Trinajstić information content (AvgIpc) is 3.52. The normalized spacial score (nSPS) is 21.0. The predicted molar refractivity (Wildman–Crippen MR) is 256 cm³/mol. The number of pyridine rings is 2. The smallest absolute Gasteiger partial charge is 0.474 e. The Labute approximate surface area is 394 Å². The number of hydrogen-bond donors (Lipinski definition) is 2. The summed E-state index contributed by atoms with van der Waals surface area (Å²) < 4.78 is 103. The highest BCUT2D eigenvalue weighted by atomic mass is 79.9. The van der Waals surface area contributed by atoms with Gasteiger partial charge in [0.2, 0.25) is 31.8 Å². The molecule has 0 aliphatic carbocycles. The molecule has 3 aliphatic heterocycles. The molecule has 0 atom stereocenters. The molecular weight excluding hydrogens is 929 g/mol. The van der Waals surface area contributed by atoms with Crippen LogP contribution in [-0.2, 0) is 48.0 Å². The second-order valence-corrected chi connectivity index (χ2v) is 26.1. The van der Waals surface area contributed by atoms with Crippen molar-refractivity contribution in [1.82, 2.24) is 19.4 Å². The molecule has 0 aromatic carbocycles. The van der Waals surface area contributed by atoms with Crippen molar-refractivity contribution in [2.75, 3.05) is 0 Å². The summed E-state index contributed by atoms with van der Waals surface area (Å²) in [4.78, 5) is 8.28. The van der Waals surface area contributed by atoms with Crippen molar-refractivity contribution < 1.29 is 54.2 Å². The van der Waals surface area contributed by atoms with Crippen LogP contribution in [0.2, 0.25) is 0 Å². The number of aromatic nitrogens is 2. The van der Waals surface area contributed by atoms with Crippen LogP contribution < -0.4 is 24.4 Å². The Bertz CT molecular complexity index is 2100. The summed E-state index contributed by atoms with van der Waals surface area (Å²) in [6.07, 6.45) is 2.67. The van der Waals surface area contributed by atoms with E-state index in [1.165, 1.54) is 24.5 Å². The number of halogens is 1. The first-order valence-corrected chi connectivity index (χ1v) is 25.3. The van der Waals surface area contributed by atoms with E-state index in [2.05, 4.69) is 35.3 Å². The van der Waals surface area contributed by atoms with Crippen molar-refractivity contribution >= 4 is 62.6 Å². The molecule has 0 unspecified atom stereocenters. The summed E-state index contributed by atoms with van der Waals surface area (Å²) in [5.74, 6) is 0.164. The van der Waals surface area contributed by atoms with E-state index in [4.69, 9.17) is 37.4 Å². The van der Waals surface area contributed by atoms with E-state index in [0.29, 0.717) is 9.94 Å². The zero-order valence-electron chi connectivity index (χ0n) is 42.2. The van der Waals surface area contributed by atoms with Gasteiger partial charge in [-0.2, -0.15) is 0 Å². The molecule has 0 spiro atoms. The van der Waals surface area contributed by atoms with E-state index >= 15 is 0 Å². The third-order valence-corrected chi connectivity index (χ3v) is 15.0. The van der Waals surface area contributed by atoms with Crippen LogP contribution in [0.15, 0.2) is 38.8 Å². The van der Waals surface area contributed by atoms with Gasteiger partial charge < -0.3 is 37.4 Å². The lowest BCUT2D eigenvalue weighted by atomic mass is 9.49. The van der Waals surface area contributed by atoms with Crippen LogP contribution in [0.1, 0.15) is 152 Å². The lowest BCUT2D eigenvalue weighted by Crippen LogP contribution is -2.42. The fourth-order valence-electron chi connectivity index (χ4n) is 5.89. The number of rotatable bonds is 10. The van der Waals surface area contributed by atoms with Crippen LogP contribution in [0, 0.1) is 0 Å². The standard InChI is InChI=1S/C18H31BN2O5S.C12H24B2O4.C12H19BrN2O3S/c1-12(2)24-15-14(27(22,23)21-16(3,4)5)10-13(11-20-15)19-25-17(6,7)18(8,9)26-19;1-9(2)10(3,4)16-13(15-9)14-17-11(5,6)12(7,8)18-14;1-8(2)18-11-10(6-9(13)7-14-11)19(16,17)15-12(3,4)5/h10-12,21H,1-9H3;1-8H3;6-8,15H,1-5H3. The first-order chi connectivity index (χ1) is 28.4. The maximum atomic E-state index is 13.0. The maximum Gasteiger partial charge on any atom is 0.496 e. The Morgan fingerprint density at radius 2 is 0.844 bits per heavy atom. The predicted octanol–water partition coefficient (Wildman–Crippen LogP) is 7.20. The summed E-state index contributed by atoms with van der Waals surface area (Å²) in [5.41, 5.74) is -3.20. The highest BCUT2D eigenvalue weighted by molar-refractivity contribution is 9.10. The quantitative estimate of drug-likeness (QED) is 0.227. The fraction of sp³-hybridized carbons (Fsp3) is 0.762. The van der Waals surface area contributed by atoms with Gasteiger partial charge in [0.05, 0.1) is 45.8 Å². The molecule has 3 aliphatic rings. The molecule has 2 aromatic heterocycles. The zero-order chi connectivity index (χ0) is 49.7. The van der Waals surface area contributed by atoms with Crippen LogP contribution in [-0.4, -0.2) is 105 Å². The monoisotopic (exact) mass is 1000 g/mol. The topological polar surface area (TPSA) is 192 Å². The molecule has 2 N–H and O–H groups in total. The first kappa shape index (κ1) is 56.5. The first-order valence-electron chi connectivity index (χ1n) is 21.6. The second-order valence-electron chi connectivity index (χ2n) is 21.9. The Morgan fingerprint density at radius 1 is 0.547 bits per heavy atom. The van der Waals surface area contributed by atoms with Crippen molar-refractivity contribution in [3.63, 3.8) is 0 Å². The molecule has 5 heterocycles. The summed E-state index contributed by atoms with van der Waals surface area (Å²) in [6, 6.07) is 3.00. The fourth-order valence-corrected chi connectivity index (χ4v) is 9.44. The number of nitrogens with zero attached hydrogens (tertiary/aromatic N) is 2. The molecule has 0 amide bonds. The van der Waals surface area contributed by atoms with Crippen molar-refractivity contribution in [3.8, 4) is 11.8 Å². The van der Waals surface area contributed by atoms with Gasteiger partial charge >= 0.3 is 21.1 Å². The van der Waals surface area contributed by atoms with Crippen molar-refractivity contribution in [2.45, 2.75) is 219 Å². The molecule has 0 bridgehead atoms. The third-order valence-electron chi connectivity index (χ3n) is 11.1. The second kappa shape index (κ2) is 19.3. The summed E-state index contributed by atoms with van der Waals surface area (Å²) in [6.45, 7) is 41.9. The molecule has 0 radical (unpaired) electrons. The largest absolute Gasteiger partial charge is 0.496 e. The van der Waals surface area contributed by atoms with Crippen LogP contribution in [0.3, 0.4) is 0 Å². The number of ether oxygens (including phenoxy) is 2. The van der Waals surface area contributed by atoms with Gasteiger partial charge in [-0.3, -0.25) is 0 Å². The molecule has 16 nitrogen and oxygen atoms in total. The number of hydrogen-bond acceptors (Lipinski definition) is 14. The van der Waals surface area contributed by atoms with Gasteiger partial charge in [-0.05, 0) is 180 Å². The van der Waals surface area contributed by atoms with Gasteiger partial charge in [-0.25, -0.2) is 36.2 Å². The lowest BCUT2D eigenvalue weighted by molar-refractivity contribution is 0.00578. The molecular formula is C42H74B3BrN4O12S2. The van der Waals surface area contributed by atoms with Gasteiger partial charge in [0, 0.05) is 33.4 Å². The van der Waals surface area contributed by atoms with E-state index in [1.807, 2.05) is 111 Å². The molecule has 362 valence electrons.